The number of hydrogen-bond donors (Lipinski definition) is 3. The molecule has 4 aromatic rings. The van der Waals surface area contributed by atoms with Gasteiger partial charge in [0.25, 0.3) is 0 Å². The molecule has 3 N–H and O–H groups in total. The molecular formula is C21H21N3O2. The molecule has 1 aliphatic rings. The SMILES string of the molecule is COc1ccc2[nH]cc(C3NCCc4c3[nH]c3ccc(OC)cc43)c2c1. The number of aromatic nitrogens is 2. The molecule has 0 amide bonds. The standard InChI is InChI=1S/C21H21N3O2/c1-25-12-3-5-18-16(10-12)17(11-23-18)20-21-14(7-8-22-20)15-9-13(26-2)4-6-19(15)24-21/h3-6,9-11,20,22-24H,7-8H2,1-2H3. The summed E-state index contributed by atoms with van der Waals surface area (Å²) in [4.78, 5) is 7.03. The summed E-state index contributed by atoms with van der Waals surface area (Å²) in [6, 6.07) is 12.5. The topological polar surface area (TPSA) is 62.1 Å². The highest BCUT2D eigenvalue weighted by Gasteiger charge is 2.27. The first kappa shape index (κ1) is 15.3. The number of hydrogen-bond acceptors (Lipinski definition) is 3. The van der Waals surface area contributed by atoms with Crippen molar-refractivity contribution in [3.05, 3.63) is 59.4 Å². The molecule has 0 bridgehead atoms. The molecule has 1 unspecified atom stereocenters. The monoisotopic (exact) mass is 347 g/mol. The maximum Gasteiger partial charge on any atom is 0.119 e. The Balaban J connectivity index is 1.69. The Hall–Kier alpha value is -2.92. The zero-order valence-corrected chi connectivity index (χ0v) is 14.8. The van der Waals surface area contributed by atoms with Gasteiger partial charge in [-0.2, -0.15) is 0 Å². The molecule has 26 heavy (non-hydrogen) atoms. The lowest BCUT2D eigenvalue weighted by Crippen LogP contribution is -2.30. The van der Waals surface area contributed by atoms with E-state index in [0.29, 0.717) is 0 Å². The van der Waals surface area contributed by atoms with Crippen molar-refractivity contribution in [3.8, 4) is 11.5 Å². The number of benzene rings is 2. The van der Waals surface area contributed by atoms with Gasteiger partial charge in [0.2, 0.25) is 0 Å². The molecule has 0 saturated carbocycles. The third kappa shape index (κ3) is 2.21. The van der Waals surface area contributed by atoms with Crippen LogP contribution in [0.5, 0.6) is 11.5 Å². The Kier molecular flexibility index (Phi) is 3.43. The molecule has 0 spiro atoms. The average Bonchev–Trinajstić information content (AvgIpc) is 3.27. The fourth-order valence-electron chi connectivity index (χ4n) is 4.09. The van der Waals surface area contributed by atoms with Gasteiger partial charge in [-0.15, -0.1) is 0 Å². The van der Waals surface area contributed by atoms with E-state index in [1.807, 2.05) is 12.1 Å². The minimum atomic E-state index is 0.123. The number of H-pyrrole nitrogens is 2. The van der Waals surface area contributed by atoms with Crippen LogP contribution in [-0.4, -0.2) is 30.7 Å². The van der Waals surface area contributed by atoms with E-state index < -0.39 is 0 Å². The van der Waals surface area contributed by atoms with Gasteiger partial charge in [0.1, 0.15) is 11.5 Å². The van der Waals surface area contributed by atoms with Crippen LogP contribution in [0.1, 0.15) is 22.9 Å². The molecule has 5 heteroatoms. The summed E-state index contributed by atoms with van der Waals surface area (Å²) < 4.78 is 10.8. The number of fused-ring (bicyclic) bond motifs is 4. The molecule has 5 rings (SSSR count). The van der Waals surface area contributed by atoms with Crippen LogP contribution in [0, 0.1) is 0 Å². The molecule has 0 radical (unpaired) electrons. The highest BCUT2D eigenvalue weighted by atomic mass is 16.5. The second-order valence-corrected chi connectivity index (χ2v) is 6.72. The summed E-state index contributed by atoms with van der Waals surface area (Å²) in [7, 11) is 3.42. The second kappa shape index (κ2) is 5.81. The van der Waals surface area contributed by atoms with Crippen molar-refractivity contribution in [1.82, 2.24) is 15.3 Å². The molecule has 2 aromatic carbocycles. The van der Waals surface area contributed by atoms with Crippen LogP contribution in [0.2, 0.25) is 0 Å². The van der Waals surface area contributed by atoms with Crippen molar-refractivity contribution >= 4 is 21.8 Å². The van der Waals surface area contributed by atoms with Crippen LogP contribution in [0.3, 0.4) is 0 Å². The number of methoxy groups -OCH3 is 2. The van der Waals surface area contributed by atoms with Crippen molar-refractivity contribution in [2.75, 3.05) is 20.8 Å². The zero-order chi connectivity index (χ0) is 17.7. The normalized spacial score (nSPS) is 16.8. The minimum absolute atomic E-state index is 0.123. The summed E-state index contributed by atoms with van der Waals surface area (Å²) in [6.07, 6.45) is 3.10. The maximum atomic E-state index is 5.42. The van der Waals surface area contributed by atoms with Gasteiger partial charge < -0.3 is 24.8 Å². The molecule has 5 nitrogen and oxygen atoms in total. The first-order valence-corrected chi connectivity index (χ1v) is 8.85. The van der Waals surface area contributed by atoms with Crippen LogP contribution in [-0.2, 0) is 6.42 Å². The van der Waals surface area contributed by atoms with Crippen LogP contribution < -0.4 is 14.8 Å². The highest BCUT2D eigenvalue weighted by molar-refractivity contribution is 5.89. The van der Waals surface area contributed by atoms with Crippen molar-refractivity contribution in [1.29, 1.82) is 0 Å². The summed E-state index contributed by atoms with van der Waals surface area (Å²) in [5.74, 6) is 1.77. The molecule has 1 atom stereocenters. The van der Waals surface area contributed by atoms with Gasteiger partial charge in [0.05, 0.1) is 20.3 Å². The molecule has 3 heterocycles. The molecule has 0 fully saturated rings. The fourth-order valence-corrected chi connectivity index (χ4v) is 4.09. The third-order valence-corrected chi connectivity index (χ3v) is 5.39. The molecule has 0 saturated heterocycles. The Morgan fingerprint density at radius 2 is 1.65 bits per heavy atom. The highest BCUT2D eigenvalue weighted by Crippen LogP contribution is 2.37. The van der Waals surface area contributed by atoms with Crippen molar-refractivity contribution < 1.29 is 9.47 Å². The first-order chi connectivity index (χ1) is 12.8. The Morgan fingerprint density at radius 3 is 2.42 bits per heavy atom. The van der Waals surface area contributed by atoms with Gasteiger partial charge in [0.15, 0.2) is 0 Å². The lowest BCUT2D eigenvalue weighted by Gasteiger charge is -2.24. The van der Waals surface area contributed by atoms with Gasteiger partial charge in [0, 0.05) is 45.8 Å². The van der Waals surface area contributed by atoms with E-state index in [1.54, 1.807) is 14.2 Å². The summed E-state index contributed by atoms with van der Waals surface area (Å²) >= 11 is 0. The largest absolute Gasteiger partial charge is 0.497 e. The van der Waals surface area contributed by atoms with Crippen LogP contribution in [0.4, 0.5) is 0 Å². The summed E-state index contributed by atoms with van der Waals surface area (Å²) in [6.45, 7) is 0.943. The molecule has 0 aliphatic carbocycles. The van der Waals surface area contributed by atoms with E-state index in [2.05, 4.69) is 45.7 Å². The molecule has 2 aromatic heterocycles. The lowest BCUT2D eigenvalue weighted by molar-refractivity contribution is 0.415. The van der Waals surface area contributed by atoms with Gasteiger partial charge in [-0.3, -0.25) is 0 Å². The molecule has 132 valence electrons. The molecule has 1 aliphatic heterocycles. The number of ether oxygens (including phenoxy) is 2. The molecular weight excluding hydrogens is 326 g/mol. The van der Waals surface area contributed by atoms with E-state index in [-0.39, 0.29) is 6.04 Å². The smallest absolute Gasteiger partial charge is 0.119 e. The van der Waals surface area contributed by atoms with E-state index in [4.69, 9.17) is 9.47 Å². The summed E-state index contributed by atoms with van der Waals surface area (Å²) in [5.41, 5.74) is 6.12. The van der Waals surface area contributed by atoms with E-state index in [1.165, 1.54) is 27.6 Å². The van der Waals surface area contributed by atoms with Crippen molar-refractivity contribution in [2.45, 2.75) is 12.5 Å². The predicted octanol–water partition coefficient (Wildman–Crippen LogP) is 3.90. The van der Waals surface area contributed by atoms with Gasteiger partial charge in [-0.05, 0) is 48.4 Å². The van der Waals surface area contributed by atoms with Gasteiger partial charge in [-0.1, -0.05) is 0 Å². The van der Waals surface area contributed by atoms with Crippen LogP contribution in [0.25, 0.3) is 21.8 Å². The Labute approximate surface area is 151 Å². The zero-order valence-electron chi connectivity index (χ0n) is 14.8. The fraction of sp³-hybridized carbons (Fsp3) is 0.238. The second-order valence-electron chi connectivity index (χ2n) is 6.72. The third-order valence-electron chi connectivity index (χ3n) is 5.39. The number of nitrogens with one attached hydrogen (secondary N) is 3. The van der Waals surface area contributed by atoms with Crippen molar-refractivity contribution in [2.24, 2.45) is 0 Å². The predicted molar refractivity (Wildman–Crippen MR) is 103 cm³/mol. The lowest BCUT2D eigenvalue weighted by atomic mass is 9.94. The van der Waals surface area contributed by atoms with Gasteiger partial charge in [-0.25, -0.2) is 0 Å². The minimum Gasteiger partial charge on any atom is -0.497 e. The summed E-state index contributed by atoms with van der Waals surface area (Å²) in [5, 5.41) is 6.11. The van der Waals surface area contributed by atoms with Gasteiger partial charge >= 0.3 is 0 Å². The quantitative estimate of drug-likeness (QED) is 0.527. The van der Waals surface area contributed by atoms with Crippen LogP contribution >= 0.6 is 0 Å². The van der Waals surface area contributed by atoms with Crippen LogP contribution in [0.15, 0.2) is 42.6 Å². The Morgan fingerprint density at radius 1 is 0.923 bits per heavy atom. The van der Waals surface area contributed by atoms with E-state index in [0.717, 1.165) is 35.5 Å². The number of aromatic amines is 2. The average molecular weight is 347 g/mol. The van der Waals surface area contributed by atoms with E-state index >= 15 is 0 Å². The van der Waals surface area contributed by atoms with E-state index in [9.17, 15) is 0 Å². The number of rotatable bonds is 3. The Bertz CT molecular complexity index is 1110. The van der Waals surface area contributed by atoms with Crippen molar-refractivity contribution in [3.63, 3.8) is 0 Å². The maximum absolute atomic E-state index is 5.42. The first-order valence-electron chi connectivity index (χ1n) is 8.85.